The first-order valence-electron chi connectivity index (χ1n) is 11.7. The lowest BCUT2D eigenvalue weighted by molar-refractivity contribution is -0.166. The van der Waals surface area contributed by atoms with Crippen LogP contribution in [0.2, 0.25) is 0 Å². The maximum atomic E-state index is 12.9. The summed E-state index contributed by atoms with van der Waals surface area (Å²) in [4.78, 5) is 49.9. The topological polar surface area (TPSA) is 158 Å². The van der Waals surface area contributed by atoms with Crippen LogP contribution >= 0.6 is 0 Å². The van der Waals surface area contributed by atoms with Crippen molar-refractivity contribution in [2.24, 2.45) is 0 Å². The molecule has 0 bridgehead atoms. The first-order valence-corrected chi connectivity index (χ1v) is 11.7. The minimum atomic E-state index is -1.76. The number of esters is 4. The molecule has 0 aromatic heterocycles. The molecule has 0 amide bonds. The van der Waals surface area contributed by atoms with E-state index in [2.05, 4.69) is 6.58 Å². The van der Waals surface area contributed by atoms with Gasteiger partial charge in [0.05, 0.1) is 28.9 Å². The van der Waals surface area contributed by atoms with Crippen molar-refractivity contribution in [1.82, 2.24) is 0 Å². The SMILES string of the molecule is C=C(CO)C(=O)OC1CC2(C)OC(=O)C(=CC)C2(O)CCC2(C)OC2C2OC(=O)C(COC(C)=O)=C12. The van der Waals surface area contributed by atoms with E-state index in [1.54, 1.807) is 13.8 Å². The van der Waals surface area contributed by atoms with Gasteiger partial charge < -0.3 is 33.9 Å². The molecule has 4 aliphatic rings. The molecule has 0 aromatic rings. The van der Waals surface area contributed by atoms with Crippen LogP contribution in [0.1, 0.15) is 47.0 Å². The molecule has 2 saturated heterocycles. The minimum absolute atomic E-state index is 0.0382. The van der Waals surface area contributed by atoms with Crippen molar-refractivity contribution in [3.63, 3.8) is 0 Å². The van der Waals surface area contributed by atoms with Gasteiger partial charge in [0, 0.05) is 18.9 Å². The van der Waals surface area contributed by atoms with E-state index in [0.717, 1.165) is 0 Å². The molecule has 2 N–H and O–H groups in total. The number of allylic oxidation sites excluding steroid dienone is 1. The summed E-state index contributed by atoms with van der Waals surface area (Å²) in [6.07, 6.45) is -1.26. The molecule has 11 heteroatoms. The van der Waals surface area contributed by atoms with Gasteiger partial charge in [-0.2, -0.15) is 0 Å². The molecule has 6 unspecified atom stereocenters. The maximum Gasteiger partial charge on any atom is 0.338 e. The largest absolute Gasteiger partial charge is 0.461 e. The van der Waals surface area contributed by atoms with Gasteiger partial charge in [-0.1, -0.05) is 12.7 Å². The van der Waals surface area contributed by atoms with Crippen molar-refractivity contribution >= 4 is 23.9 Å². The summed E-state index contributed by atoms with van der Waals surface area (Å²) in [5.74, 6) is -3.08. The van der Waals surface area contributed by atoms with E-state index in [0.29, 0.717) is 6.42 Å². The van der Waals surface area contributed by atoms with Gasteiger partial charge in [0.1, 0.15) is 30.0 Å². The fourth-order valence-electron chi connectivity index (χ4n) is 5.34. The molecular weight excluding hydrogens is 476 g/mol. The van der Waals surface area contributed by atoms with Gasteiger partial charge in [0.15, 0.2) is 6.10 Å². The third kappa shape index (κ3) is 4.04. The number of carbonyl (C=O) groups excluding carboxylic acids is 4. The van der Waals surface area contributed by atoms with E-state index < -0.39 is 72.2 Å². The lowest BCUT2D eigenvalue weighted by Crippen LogP contribution is -2.53. The number of aliphatic hydroxyl groups is 2. The van der Waals surface area contributed by atoms with E-state index in [9.17, 15) is 29.4 Å². The van der Waals surface area contributed by atoms with Gasteiger partial charge in [-0.05, 0) is 33.6 Å². The highest BCUT2D eigenvalue weighted by atomic mass is 16.7. The van der Waals surface area contributed by atoms with Crippen LogP contribution in [-0.2, 0) is 42.9 Å². The second-order valence-corrected chi connectivity index (χ2v) is 9.93. The summed E-state index contributed by atoms with van der Waals surface area (Å²) < 4.78 is 28.0. The average molecular weight is 507 g/mol. The molecule has 196 valence electrons. The van der Waals surface area contributed by atoms with Gasteiger partial charge in [0.25, 0.3) is 0 Å². The van der Waals surface area contributed by atoms with Crippen LogP contribution in [0.15, 0.2) is 34.9 Å². The van der Waals surface area contributed by atoms with E-state index in [4.69, 9.17) is 23.7 Å². The summed E-state index contributed by atoms with van der Waals surface area (Å²) in [7, 11) is 0. The lowest BCUT2D eigenvalue weighted by atomic mass is 9.71. The molecular formula is C25H30O11. The molecule has 3 aliphatic heterocycles. The van der Waals surface area contributed by atoms with Crippen molar-refractivity contribution in [2.45, 2.75) is 82.1 Å². The van der Waals surface area contributed by atoms with E-state index in [-0.39, 0.29) is 35.1 Å². The van der Waals surface area contributed by atoms with E-state index >= 15 is 0 Å². The van der Waals surface area contributed by atoms with Gasteiger partial charge in [0.2, 0.25) is 0 Å². The third-order valence-electron chi connectivity index (χ3n) is 7.55. The standard InChI is InChI=1S/C25H30O11/c1-6-15-22(30)36-24(5)9-16(33-20(28)12(2)10-26)17-14(11-32-13(3)27)21(29)34-18(17)19-23(4,35-19)7-8-25(15,24)31/h6,16,18-19,26,31H,2,7-11H2,1,3-5H3. The van der Waals surface area contributed by atoms with Gasteiger partial charge in [-0.15, -0.1) is 0 Å². The van der Waals surface area contributed by atoms with Gasteiger partial charge in [-0.25, -0.2) is 14.4 Å². The number of fused-ring (bicyclic) bond motifs is 4. The second kappa shape index (κ2) is 8.82. The van der Waals surface area contributed by atoms with E-state index in [1.165, 1.54) is 19.9 Å². The molecule has 1 saturated carbocycles. The van der Waals surface area contributed by atoms with Crippen LogP contribution in [-0.4, -0.2) is 82.4 Å². The van der Waals surface area contributed by atoms with Crippen molar-refractivity contribution in [3.8, 4) is 0 Å². The Morgan fingerprint density at radius 3 is 2.53 bits per heavy atom. The molecule has 3 fully saturated rings. The predicted octanol–water partition coefficient (Wildman–Crippen LogP) is 0.566. The first kappa shape index (κ1) is 26.1. The third-order valence-corrected chi connectivity index (χ3v) is 7.55. The molecule has 1 aliphatic carbocycles. The Morgan fingerprint density at radius 2 is 1.92 bits per heavy atom. The quantitative estimate of drug-likeness (QED) is 0.232. The van der Waals surface area contributed by atoms with Crippen LogP contribution in [0.25, 0.3) is 0 Å². The Labute approximate surface area is 207 Å². The normalized spacial score (nSPS) is 38.4. The number of aliphatic hydroxyl groups excluding tert-OH is 1. The summed E-state index contributed by atoms with van der Waals surface area (Å²) >= 11 is 0. The van der Waals surface area contributed by atoms with Crippen molar-refractivity contribution < 1.29 is 53.1 Å². The maximum absolute atomic E-state index is 12.9. The van der Waals surface area contributed by atoms with Crippen LogP contribution < -0.4 is 0 Å². The second-order valence-electron chi connectivity index (χ2n) is 9.93. The lowest BCUT2D eigenvalue weighted by Gasteiger charge is -2.40. The van der Waals surface area contributed by atoms with Gasteiger partial charge >= 0.3 is 23.9 Å². The first-order chi connectivity index (χ1) is 16.8. The van der Waals surface area contributed by atoms with Crippen molar-refractivity contribution in [2.75, 3.05) is 13.2 Å². The number of hydrogen-bond acceptors (Lipinski definition) is 11. The zero-order valence-corrected chi connectivity index (χ0v) is 20.6. The Balaban J connectivity index is 1.88. The molecule has 11 nitrogen and oxygen atoms in total. The van der Waals surface area contributed by atoms with Crippen molar-refractivity contribution in [1.29, 1.82) is 0 Å². The highest BCUT2D eigenvalue weighted by molar-refractivity contribution is 5.95. The number of rotatable bonds is 5. The van der Waals surface area contributed by atoms with Crippen LogP contribution in [0.5, 0.6) is 0 Å². The van der Waals surface area contributed by atoms with Crippen LogP contribution in [0, 0.1) is 0 Å². The number of carbonyl (C=O) groups is 4. The van der Waals surface area contributed by atoms with Crippen LogP contribution in [0.4, 0.5) is 0 Å². The smallest absolute Gasteiger partial charge is 0.338 e. The highest BCUT2D eigenvalue weighted by Gasteiger charge is 2.68. The Morgan fingerprint density at radius 1 is 1.22 bits per heavy atom. The molecule has 0 aromatic carbocycles. The fraction of sp³-hybridized carbons (Fsp3) is 0.600. The summed E-state index contributed by atoms with van der Waals surface area (Å²) in [6, 6.07) is 0. The van der Waals surface area contributed by atoms with Crippen molar-refractivity contribution in [3.05, 3.63) is 34.9 Å². The van der Waals surface area contributed by atoms with Gasteiger partial charge in [-0.3, -0.25) is 4.79 Å². The summed E-state index contributed by atoms with van der Waals surface area (Å²) in [5.41, 5.74) is -4.19. The number of hydrogen-bond donors (Lipinski definition) is 2. The fourth-order valence-corrected chi connectivity index (χ4v) is 5.34. The van der Waals surface area contributed by atoms with Crippen LogP contribution in [0.3, 0.4) is 0 Å². The van der Waals surface area contributed by atoms with E-state index in [1.807, 2.05) is 0 Å². The Kier molecular flexibility index (Phi) is 6.39. The molecule has 3 heterocycles. The Hall–Kier alpha value is -3.02. The summed E-state index contributed by atoms with van der Waals surface area (Å²) in [5, 5.41) is 21.2. The monoisotopic (exact) mass is 506 g/mol. The number of ether oxygens (including phenoxy) is 5. The molecule has 0 radical (unpaired) electrons. The molecule has 0 spiro atoms. The Bertz CT molecular complexity index is 1100. The summed E-state index contributed by atoms with van der Waals surface area (Å²) in [6.45, 7) is 8.47. The molecule has 6 atom stereocenters. The predicted molar refractivity (Wildman–Crippen MR) is 120 cm³/mol. The molecule has 36 heavy (non-hydrogen) atoms. The average Bonchev–Trinajstić information content (AvgIpc) is 3.30. The number of epoxide rings is 1. The molecule has 4 rings (SSSR count). The zero-order chi connectivity index (χ0) is 26.6. The minimum Gasteiger partial charge on any atom is -0.461 e. The zero-order valence-electron chi connectivity index (χ0n) is 20.6. The highest BCUT2D eigenvalue weighted by Crippen LogP contribution is 2.55.